The van der Waals surface area contributed by atoms with Crippen molar-refractivity contribution in [2.24, 2.45) is 5.73 Å². The molecule has 1 rings (SSSR count). The van der Waals surface area contributed by atoms with Gasteiger partial charge in [-0.1, -0.05) is 20.3 Å². The van der Waals surface area contributed by atoms with Gasteiger partial charge in [-0.05, 0) is 6.42 Å². The first-order valence-corrected chi connectivity index (χ1v) is 7.68. The summed E-state index contributed by atoms with van der Waals surface area (Å²) in [6, 6.07) is 0. The number of imidazole rings is 1. The lowest BCUT2D eigenvalue weighted by Crippen LogP contribution is -2.39. The Bertz CT molecular complexity index is 524. The second-order valence-corrected chi connectivity index (χ2v) is 6.11. The molecular weight excluding hydrogens is 268 g/mol. The van der Waals surface area contributed by atoms with Gasteiger partial charge in [-0.15, -0.1) is 0 Å². The van der Waals surface area contributed by atoms with Crippen LogP contribution in [0.25, 0.3) is 0 Å². The van der Waals surface area contributed by atoms with E-state index >= 15 is 0 Å². The third-order valence-corrected chi connectivity index (χ3v) is 4.41. The van der Waals surface area contributed by atoms with Crippen molar-refractivity contribution in [2.45, 2.75) is 38.1 Å². The quantitative estimate of drug-likeness (QED) is 0.714. The van der Waals surface area contributed by atoms with E-state index in [9.17, 15) is 13.2 Å². The first kappa shape index (κ1) is 15.6. The molecule has 0 bridgehead atoms. The topological polar surface area (TPSA) is 109 Å². The number of amides is 1. The lowest BCUT2D eigenvalue weighted by atomic mass is 10.3. The molecule has 108 valence electrons. The fraction of sp³-hybridized carbons (Fsp3) is 0.636. The van der Waals surface area contributed by atoms with Crippen molar-refractivity contribution in [3.63, 3.8) is 0 Å². The highest BCUT2D eigenvalue weighted by Gasteiger charge is 2.27. The number of nitrogens with two attached hydrogens (primary N) is 1. The van der Waals surface area contributed by atoms with Crippen molar-refractivity contribution < 1.29 is 13.2 Å². The SMILES string of the molecule is CCCCN(CC(N)=O)S(=O)(=O)c1cnc(CC)[nH]1. The molecule has 1 heterocycles. The number of sulfonamides is 1. The van der Waals surface area contributed by atoms with E-state index in [0.717, 1.165) is 10.7 Å². The second kappa shape index (κ2) is 6.67. The molecule has 0 aliphatic heterocycles. The van der Waals surface area contributed by atoms with Gasteiger partial charge in [0, 0.05) is 13.0 Å². The number of aryl methyl sites for hydroxylation is 1. The van der Waals surface area contributed by atoms with E-state index in [0.29, 0.717) is 18.7 Å². The average Bonchev–Trinajstić information content (AvgIpc) is 2.83. The predicted octanol–water partition coefficient (Wildman–Crippen LogP) is 0.248. The van der Waals surface area contributed by atoms with Crippen LogP contribution in [0, 0.1) is 0 Å². The Morgan fingerprint density at radius 2 is 2.16 bits per heavy atom. The van der Waals surface area contributed by atoms with Crippen molar-refractivity contribution in [3.05, 3.63) is 12.0 Å². The summed E-state index contributed by atoms with van der Waals surface area (Å²) in [5.74, 6) is -0.0806. The minimum absolute atomic E-state index is 0.00158. The standard InChI is InChI=1S/C11H20N4O3S/c1-3-5-6-15(8-9(12)16)19(17,18)11-7-13-10(4-2)14-11/h7H,3-6,8H2,1-2H3,(H2,12,16)(H,13,14). The molecule has 0 saturated carbocycles. The first-order valence-electron chi connectivity index (χ1n) is 6.24. The Balaban J connectivity index is 3.00. The summed E-state index contributed by atoms with van der Waals surface area (Å²) >= 11 is 0. The van der Waals surface area contributed by atoms with Gasteiger partial charge < -0.3 is 10.7 Å². The summed E-state index contributed by atoms with van der Waals surface area (Å²) in [6.45, 7) is 3.76. The minimum Gasteiger partial charge on any atom is -0.369 e. The summed E-state index contributed by atoms with van der Waals surface area (Å²) in [5, 5.41) is 0.00158. The Kier molecular flexibility index (Phi) is 5.49. The predicted molar refractivity (Wildman–Crippen MR) is 70.8 cm³/mol. The van der Waals surface area contributed by atoms with Gasteiger partial charge in [0.05, 0.1) is 12.7 Å². The maximum Gasteiger partial charge on any atom is 0.260 e. The Labute approximate surface area is 113 Å². The van der Waals surface area contributed by atoms with Crippen molar-refractivity contribution in [1.29, 1.82) is 0 Å². The Morgan fingerprint density at radius 3 is 2.63 bits per heavy atom. The highest BCUT2D eigenvalue weighted by atomic mass is 32.2. The molecule has 0 unspecified atom stereocenters. The molecule has 0 atom stereocenters. The number of H-pyrrole nitrogens is 1. The smallest absolute Gasteiger partial charge is 0.260 e. The monoisotopic (exact) mass is 288 g/mol. The number of carbonyl (C=O) groups is 1. The van der Waals surface area contributed by atoms with Crippen molar-refractivity contribution in [2.75, 3.05) is 13.1 Å². The number of nitrogens with zero attached hydrogens (tertiary/aromatic N) is 2. The molecule has 0 fully saturated rings. The van der Waals surface area contributed by atoms with Gasteiger partial charge in [0.1, 0.15) is 5.82 Å². The van der Waals surface area contributed by atoms with Crippen LogP contribution in [0.5, 0.6) is 0 Å². The Morgan fingerprint density at radius 1 is 1.47 bits per heavy atom. The molecule has 0 aliphatic rings. The summed E-state index contributed by atoms with van der Waals surface area (Å²) in [6.07, 6.45) is 3.38. The molecule has 8 heteroatoms. The number of rotatable bonds is 8. The molecule has 3 N–H and O–H groups in total. The zero-order chi connectivity index (χ0) is 14.5. The highest BCUT2D eigenvalue weighted by Crippen LogP contribution is 2.14. The molecule has 0 aromatic carbocycles. The largest absolute Gasteiger partial charge is 0.369 e. The van der Waals surface area contributed by atoms with Gasteiger partial charge in [0.15, 0.2) is 5.03 Å². The maximum atomic E-state index is 12.3. The molecule has 1 amide bonds. The number of carbonyl (C=O) groups excluding carboxylic acids is 1. The first-order chi connectivity index (χ1) is 8.91. The molecule has 0 spiro atoms. The van der Waals surface area contributed by atoms with E-state index in [1.54, 1.807) is 0 Å². The van der Waals surface area contributed by atoms with E-state index in [2.05, 4.69) is 9.97 Å². The van der Waals surface area contributed by atoms with Crippen molar-refractivity contribution in [3.8, 4) is 0 Å². The van der Waals surface area contributed by atoms with E-state index in [1.165, 1.54) is 6.20 Å². The third-order valence-electron chi connectivity index (χ3n) is 2.65. The maximum absolute atomic E-state index is 12.3. The van der Waals surface area contributed by atoms with Gasteiger partial charge in [-0.2, -0.15) is 4.31 Å². The van der Waals surface area contributed by atoms with Crippen LogP contribution in [0.4, 0.5) is 0 Å². The molecule has 1 aromatic rings. The van der Waals surface area contributed by atoms with Gasteiger partial charge in [0.25, 0.3) is 10.0 Å². The zero-order valence-electron chi connectivity index (χ0n) is 11.2. The summed E-state index contributed by atoms with van der Waals surface area (Å²) in [4.78, 5) is 17.7. The van der Waals surface area contributed by atoms with Crippen LogP contribution in [-0.2, 0) is 21.2 Å². The average molecular weight is 288 g/mol. The fourth-order valence-electron chi connectivity index (χ4n) is 1.59. The van der Waals surface area contributed by atoms with Crippen LogP contribution in [-0.4, -0.2) is 41.7 Å². The molecule has 7 nitrogen and oxygen atoms in total. The third kappa shape index (κ3) is 4.03. The summed E-state index contributed by atoms with van der Waals surface area (Å²) < 4.78 is 25.8. The lowest BCUT2D eigenvalue weighted by molar-refractivity contribution is -0.118. The van der Waals surface area contributed by atoms with Crippen molar-refractivity contribution in [1.82, 2.24) is 14.3 Å². The molecule has 19 heavy (non-hydrogen) atoms. The number of primary amides is 1. The minimum atomic E-state index is -3.74. The van der Waals surface area contributed by atoms with Gasteiger partial charge in [-0.25, -0.2) is 13.4 Å². The van der Waals surface area contributed by atoms with E-state index in [4.69, 9.17) is 5.73 Å². The molecule has 1 aromatic heterocycles. The van der Waals surface area contributed by atoms with Gasteiger partial charge in [0.2, 0.25) is 5.91 Å². The van der Waals surface area contributed by atoms with Crippen LogP contribution < -0.4 is 5.73 Å². The number of aromatic amines is 1. The zero-order valence-corrected chi connectivity index (χ0v) is 12.0. The number of hydrogen-bond donors (Lipinski definition) is 2. The van der Waals surface area contributed by atoms with Gasteiger partial charge in [-0.3, -0.25) is 4.79 Å². The number of unbranched alkanes of at least 4 members (excludes halogenated alkanes) is 1. The summed E-state index contributed by atoms with van der Waals surface area (Å²) in [7, 11) is -3.74. The highest BCUT2D eigenvalue weighted by molar-refractivity contribution is 7.89. The van der Waals surface area contributed by atoms with Crippen molar-refractivity contribution >= 4 is 15.9 Å². The van der Waals surface area contributed by atoms with Crippen LogP contribution in [0.2, 0.25) is 0 Å². The van der Waals surface area contributed by atoms with E-state index in [-0.39, 0.29) is 18.1 Å². The normalized spacial score (nSPS) is 11.9. The molecule has 0 radical (unpaired) electrons. The second-order valence-electron chi connectivity index (χ2n) is 4.21. The molecular formula is C11H20N4O3S. The number of hydrogen-bond acceptors (Lipinski definition) is 4. The van der Waals surface area contributed by atoms with Crippen LogP contribution >= 0.6 is 0 Å². The fourth-order valence-corrected chi connectivity index (χ4v) is 2.96. The summed E-state index contributed by atoms with van der Waals surface area (Å²) in [5.41, 5.74) is 5.10. The molecule has 0 saturated heterocycles. The number of aromatic nitrogens is 2. The van der Waals surface area contributed by atoms with Crippen LogP contribution in [0.15, 0.2) is 11.2 Å². The lowest BCUT2D eigenvalue weighted by Gasteiger charge is -2.19. The van der Waals surface area contributed by atoms with Crippen LogP contribution in [0.1, 0.15) is 32.5 Å². The van der Waals surface area contributed by atoms with E-state index in [1.807, 2.05) is 13.8 Å². The van der Waals surface area contributed by atoms with E-state index < -0.39 is 15.9 Å². The molecule has 0 aliphatic carbocycles. The Hall–Kier alpha value is -1.41. The van der Waals surface area contributed by atoms with Gasteiger partial charge >= 0.3 is 0 Å². The van der Waals surface area contributed by atoms with Crippen LogP contribution in [0.3, 0.4) is 0 Å². The number of nitrogens with one attached hydrogen (secondary N) is 1.